The number of aliphatic hydroxyl groups is 1. The first-order valence-electron chi connectivity index (χ1n) is 7.73. The van der Waals surface area contributed by atoms with Crippen LogP contribution in [-0.4, -0.2) is 24.4 Å². The van der Waals surface area contributed by atoms with Crippen molar-refractivity contribution < 1.29 is 14.6 Å². The van der Waals surface area contributed by atoms with Crippen molar-refractivity contribution in [1.82, 2.24) is 0 Å². The zero-order chi connectivity index (χ0) is 14.4. The summed E-state index contributed by atoms with van der Waals surface area (Å²) < 4.78 is 11.3. The smallest absolute Gasteiger partial charge is 0.119 e. The Kier molecular flexibility index (Phi) is 5.86. The lowest BCUT2D eigenvalue weighted by atomic mass is 9.88. The molecule has 1 aromatic rings. The van der Waals surface area contributed by atoms with Crippen LogP contribution in [0.4, 0.5) is 0 Å². The molecule has 1 aliphatic rings. The fourth-order valence-electron chi connectivity index (χ4n) is 2.79. The second-order valence-electron chi connectivity index (χ2n) is 5.65. The first kappa shape index (κ1) is 15.3. The second kappa shape index (κ2) is 7.65. The monoisotopic (exact) mass is 278 g/mol. The van der Waals surface area contributed by atoms with Crippen molar-refractivity contribution in [2.24, 2.45) is 5.92 Å². The normalized spacial score (nSPS) is 24.4. The van der Waals surface area contributed by atoms with Gasteiger partial charge in [-0.25, -0.2) is 0 Å². The molecule has 3 atom stereocenters. The fraction of sp³-hybridized carbons (Fsp3) is 0.647. The summed E-state index contributed by atoms with van der Waals surface area (Å²) in [5.74, 6) is 1.45. The van der Waals surface area contributed by atoms with Gasteiger partial charge in [-0.1, -0.05) is 31.9 Å². The van der Waals surface area contributed by atoms with E-state index in [1.54, 1.807) is 0 Å². The Morgan fingerprint density at radius 1 is 1.20 bits per heavy atom. The molecule has 20 heavy (non-hydrogen) atoms. The van der Waals surface area contributed by atoms with Crippen LogP contribution in [0.3, 0.4) is 0 Å². The number of rotatable bonds is 6. The van der Waals surface area contributed by atoms with Gasteiger partial charge >= 0.3 is 0 Å². The van der Waals surface area contributed by atoms with E-state index in [2.05, 4.69) is 6.92 Å². The lowest BCUT2D eigenvalue weighted by Crippen LogP contribution is -2.27. The number of hydrogen-bond donors (Lipinski definition) is 1. The molecule has 0 heterocycles. The Morgan fingerprint density at radius 3 is 2.55 bits per heavy atom. The van der Waals surface area contributed by atoms with Crippen LogP contribution < -0.4 is 4.74 Å². The summed E-state index contributed by atoms with van der Waals surface area (Å²) in [6.07, 6.45) is 4.67. The van der Waals surface area contributed by atoms with E-state index in [1.807, 2.05) is 31.2 Å². The van der Waals surface area contributed by atoms with Gasteiger partial charge in [0.25, 0.3) is 0 Å². The Bertz CT molecular complexity index is 388. The van der Waals surface area contributed by atoms with Crippen LogP contribution in [0.25, 0.3) is 0 Å². The Labute approximate surface area is 121 Å². The van der Waals surface area contributed by atoms with Gasteiger partial charge in [-0.15, -0.1) is 0 Å². The summed E-state index contributed by atoms with van der Waals surface area (Å²) in [5.41, 5.74) is 0.886. The number of hydrogen-bond acceptors (Lipinski definition) is 3. The van der Waals surface area contributed by atoms with Crippen LogP contribution in [0.5, 0.6) is 5.75 Å². The SMILES string of the molecule is CCOc1ccc(C(O)COC2CCCCC2C)cc1. The predicted molar refractivity (Wildman–Crippen MR) is 79.9 cm³/mol. The molecule has 2 rings (SSSR count). The van der Waals surface area contributed by atoms with Gasteiger partial charge in [-0.05, 0) is 43.4 Å². The van der Waals surface area contributed by atoms with E-state index in [-0.39, 0.29) is 0 Å². The molecule has 3 unspecified atom stereocenters. The minimum absolute atomic E-state index is 0.307. The quantitative estimate of drug-likeness (QED) is 0.862. The van der Waals surface area contributed by atoms with Crippen molar-refractivity contribution in [3.8, 4) is 5.75 Å². The highest BCUT2D eigenvalue weighted by molar-refractivity contribution is 5.28. The van der Waals surface area contributed by atoms with Gasteiger partial charge in [0.05, 0.1) is 19.3 Å². The highest BCUT2D eigenvalue weighted by atomic mass is 16.5. The first-order valence-corrected chi connectivity index (χ1v) is 7.73. The molecule has 0 aromatic heterocycles. The molecule has 3 nitrogen and oxygen atoms in total. The average molecular weight is 278 g/mol. The molecule has 0 spiro atoms. The van der Waals surface area contributed by atoms with Crippen molar-refractivity contribution >= 4 is 0 Å². The third-order valence-corrected chi connectivity index (χ3v) is 4.08. The van der Waals surface area contributed by atoms with E-state index in [0.717, 1.165) is 17.7 Å². The molecule has 0 aliphatic heterocycles. The Balaban J connectivity index is 1.83. The highest BCUT2D eigenvalue weighted by Crippen LogP contribution is 2.27. The van der Waals surface area contributed by atoms with Crippen molar-refractivity contribution in [2.45, 2.75) is 51.7 Å². The van der Waals surface area contributed by atoms with Crippen molar-refractivity contribution in [3.05, 3.63) is 29.8 Å². The van der Waals surface area contributed by atoms with Crippen LogP contribution in [0.15, 0.2) is 24.3 Å². The lowest BCUT2D eigenvalue weighted by Gasteiger charge is -2.29. The Hall–Kier alpha value is -1.06. The van der Waals surface area contributed by atoms with Crippen molar-refractivity contribution in [2.75, 3.05) is 13.2 Å². The van der Waals surface area contributed by atoms with E-state index >= 15 is 0 Å². The van der Waals surface area contributed by atoms with E-state index < -0.39 is 6.10 Å². The van der Waals surface area contributed by atoms with Crippen LogP contribution in [0.2, 0.25) is 0 Å². The molecule has 1 saturated carbocycles. The molecular formula is C17H26O3. The summed E-state index contributed by atoms with van der Waals surface area (Å²) in [7, 11) is 0. The van der Waals surface area contributed by atoms with Gasteiger partial charge < -0.3 is 14.6 Å². The van der Waals surface area contributed by atoms with E-state index in [0.29, 0.717) is 25.2 Å². The zero-order valence-corrected chi connectivity index (χ0v) is 12.5. The van der Waals surface area contributed by atoms with Crippen molar-refractivity contribution in [1.29, 1.82) is 0 Å². The standard InChI is InChI=1S/C17H26O3/c1-3-19-15-10-8-14(9-11-15)16(18)12-20-17-7-5-4-6-13(17)2/h8-11,13,16-18H,3-7,12H2,1-2H3. The second-order valence-corrected chi connectivity index (χ2v) is 5.65. The maximum Gasteiger partial charge on any atom is 0.119 e. The summed E-state index contributed by atoms with van der Waals surface area (Å²) in [5, 5.41) is 10.2. The number of ether oxygens (including phenoxy) is 2. The summed E-state index contributed by atoms with van der Waals surface area (Å²) in [6.45, 7) is 5.24. The largest absolute Gasteiger partial charge is 0.494 e. The fourth-order valence-corrected chi connectivity index (χ4v) is 2.79. The number of benzene rings is 1. The lowest BCUT2D eigenvalue weighted by molar-refractivity contribution is -0.0467. The third-order valence-electron chi connectivity index (χ3n) is 4.08. The maximum atomic E-state index is 10.2. The molecular weight excluding hydrogens is 252 g/mol. The Morgan fingerprint density at radius 2 is 1.90 bits per heavy atom. The van der Waals surface area contributed by atoms with Gasteiger partial charge in [0.2, 0.25) is 0 Å². The molecule has 0 radical (unpaired) electrons. The topological polar surface area (TPSA) is 38.7 Å². The summed E-state index contributed by atoms with van der Waals surface area (Å²) in [4.78, 5) is 0. The molecule has 1 aliphatic carbocycles. The van der Waals surface area contributed by atoms with E-state index in [4.69, 9.17) is 9.47 Å². The molecule has 1 aromatic carbocycles. The average Bonchev–Trinajstić information content (AvgIpc) is 2.47. The molecule has 112 valence electrons. The van der Waals surface area contributed by atoms with Crippen LogP contribution in [0, 0.1) is 5.92 Å². The van der Waals surface area contributed by atoms with Gasteiger partial charge in [0.1, 0.15) is 11.9 Å². The predicted octanol–water partition coefficient (Wildman–Crippen LogP) is 3.71. The van der Waals surface area contributed by atoms with E-state index in [1.165, 1.54) is 19.3 Å². The molecule has 0 amide bonds. The molecule has 3 heteroatoms. The van der Waals surface area contributed by atoms with Gasteiger partial charge in [-0.3, -0.25) is 0 Å². The number of aliphatic hydroxyl groups excluding tert-OH is 1. The minimum Gasteiger partial charge on any atom is -0.494 e. The van der Waals surface area contributed by atoms with Gasteiger partial charge in [-0.2, -0.15) is 0 Å². The van der Waals surface area contributed by atoms with Gasteiger partial charge in [0, 0.05) is 0 Å². The maximum absolute atomic E-state index is 10.2. The highest BCUT2D eigenvalue weighted by Gasteiger charge is 2.22. The third kappa shape index (κ3) is 4.22. The molecule has 1 N–H and O–H groups in total. The van der Waals surface area contributed by atoms with Crippen LogP contribution in [0.1, 0.15) is 51.2 Å². The van der Waals surface area contributed by atoms with Crippen LogP contribution >= 0.6 is 0 Å². The van der Waals surface area contributed by atoms with E-state index in [9.17, 15) is 5.11 Å². The van der Waals surface area contributed by atoms with Gasteiger partial charge in [0.15, 0.2) is 0 Å². The molecule has 0 bridgehead atoms. The summed E-state index contributed by atoms with van der Waals surface area (Å²) in [6, 6.07) is 7.60. The zero-order valence-electron chi connectivity index (χ0n) is 12.5. The first-order chi connectivity index (χ1) is 9.70. The minimum atomic E-state index is -0.556. The molecule has 1 fully saturated rings. The van der Waals surface area contributed by atoms with Crippen LogP contribution in [-0.2, 0) is 4.74 Å². The summed E-state index contributed by atoms with van der Waals surface area (Å²) >= 11 is 0. The molecule has 0 saturated heterocycles. The van der Waals surface area contributed by atoms with Crippen molar-refractivity contribution in [3.63, 3.8) is 0 Å².